The van der Waals surface area contributed by atoms with Gasteiger partial charge in [-0.2, -0.15) is 0 Å². The maximum absolute atomic E-state index is 13.6. The Hall–Kier alpha value is -2.18. The number of aliphatic imine (C=N–C) groups is 1. The van der Waals surface area contributed by atoms with E-state index in [0.717, 1.165) is 18.9 Å². The summed E-state index contributed by atoms with van der Waals surface area (Å²) in [6.07, 6.45) is 2.20. The molecule has 7 heteroatoms. The summed E-state index contributed by atoms with van der Waals surface area (Å²) in [7, 11) is 1.45. The second-order valence-corrected chi connectivity index (χ2v) is 4.56. The molecule has 1 aliphatic rings. The number of hydrogen-bond donors (Lipinski definition) is 3. The Kier molecular flexibility index (Phi) is 4.49. The standard InChI is InChI=1S/C13H16F2N4O/c1-16-13(20)19-12(17-7-8-5-6-8)18-10-4-2-3-9(14)11(10)15/h2-4,8H,5-7H2,1H3,(H3,16,17,18,19,20). The van der Waals surface area contributed by atoms with E-state index in [1.165, 1.54) is 19.2 Å². The van der Waals surface area contributed by atoms with Gasteiger partial charge in [0.2, 0.25) is 5.96 Å². The number of rotatable bonds is 3. The number of carbonyl (C=O) groups excluding carboxylic acids is 1. The Morgan fingerprint density at radius 1 is 1.40 bits per heavy atom. The summed E-state index contributed by atoms with van der Waals surface area (Å²) in [4.78, 5) is 15.5. The van der Waals surface area contributed by atoms with Crippen molar-refractivity contribution in [3.8, 4) is 0 Å². The molecule has 0 unspecified atom stereocenters. The first-order valence-electron chi connectivity index (χ1n) is 6.34. The van der Waals surface area contributed by atoms with Crippen LogP contribution in [0.5, 0.6) is 0 Å². The Morgan fingerprint density at radius 3 is 2.80 bits per heavy atom. The molecule has 1 fully saturated rings. The van der Waals surface area contributed by atoms with E-state index in [9.17, 15) is 13.6 Å². The molecule has 0 radical (unpaired) electrons. The van der Waals surface area contributed by atoms with Gasteiger partial charge in [-0.15, -0.1) is 0 Å². The minimum Gasteiger partial charge on any atom is -0.341 e. The number of urea groups is 1. The zero-order valence-electron chi connectivity index (χ0n) is 11.0. The molecule has 0 heterocycles. The highest BCUT2D eigenvalue weighted by Gasteiger charge is 2.21. The summed E-state index contributed by atoms with van der Waals surface area (Å²) in [5.74, 6) is -1.36. The Balaban J connectivity index is 2.11. The van der Waals surface area contributed by atoms with Crippen molar-refractivity contribution < 1.29 is 13.6 Å². The number of amides is 2. The van der Waals surface area contributed by atoms with Crippen LogP contribution in [0.3, 0.4) is 0 Å². The van der Waals surface area contributed by atoms with E-state index in [0.29, 0.717) is 12.5 Å². The molecule has 0 spiro atoms. The van der Waals surface area contributed by atoms with Crippen LogP contribution >= 0.6 is 0 Å². The first-order chi connectivity index (χ1) is 9.60. The van der Waals surface area contributed by atoms with Crippen LogP contribution in [0, 0.1) is 17.6 Å². The van der Waals surface area contributed by atoms with Crippen molar-refractivity contribution in [2.45, 2.75) is 12.8 Å². The molecular weight excluding hydrogens is 266 g/mol. The molecule has 1 aliphatic carbocycles. The highest BCUT2D eigenvalue weighted by molar-refractivity contribution is 6.03. The number of benzene rings is 1. The lowest BCUT2D eigenvalue weighted by atomic mass is 10.3. The third-order valence-electron chi connectivity index (χ3n) is 2.87. The highest BCUT2D eigenvalue weighted by atomic mass is 19.2. The molecule has 5 nitrogen and oxygen atoms in total. The molecule has 20 heavy (non-hydrogen) atoms. The largest absolute Gasteiger partial charge is 0.341 e. The normalized spacial score (nSPS) is 14.8. The van der Waals surface area contributed by atoms with Gasteiger partial charge in [0.05, 0.1) is 5.69 Å². The first-order valence-corrected chi connectivity index (χ1v) is 6.34. The van der Waals surface area contributed by atoms with Gasteiger partial charge in [-0.3, -0.25) is 10.3 Å². The van der Waals surface area contributed by atoms with Gasteiger partial charge in [-0.25, -0.2) is 13.6 Å². The highest BCUT2D eigenvalue weighted by Crippen LogP contribution is 2.28. The average Bonchev–Trinajstić information content (AvgIpc) is 3.25. The van der Waals surface area contributed by atoms with Crippen molar-refractivity contribution in [1.82, 2.24) is 10.6 Å². The third kappa shape index (κ3) is 3.91. The summed E-state index contributed by atoms with van der Waals surface area (Å²) in [5, 5.41) is 7.42. The smallest absolute Gasteiger partial charge is 0.321 e. The molecule has 0 aliphatic heterocycles. The van der Waals surface area contributed by atoms with Crippen molar-refractivity contribution in [2.75, 3.05) is 18.9 Å². The van der Waals surface area contributed by atoms with E-state index in [1.54, 1.807) is 0 Å². The van der Waals surface area contributed by atoms with Gasteiger partial charge in [0.15, 0.2) is 11.6 Å². The van der Waals surface area contributed by atoms with E-state index in [2.05, 4.69) is 20.9 Å². The molecule has 1 aromatic rings. The molecule has 0 aromatic heterocycles. The van der Waals surface area contributed by atoms with Crippen molar-refractivity contribution in [3.63, 3.8) is 0 Å². The second-order valence-electron chi connectivity index (χ2n) is 4.56. The molecule has 108 valence electrons. The number of carbonyl (C=O) groups is 1. The number of nitrogens with one attached hydrogen (secondary N) is 3. The molecule has 2 amide bonds. The molecule has 2 rings (SSSR count). The SMILES string of the molecule is CNC(=O)NC(=NCC1CC1)Nc1cccc(F)c1F. The lowest BCUT2D eigenvalue weighted by molar-refractivity contribution is 0.247. The van der Waals surface area contributed by atoms with Crippen LogP contribution in [0.2, 0.25) is 0 Å². The van der Waals surface area contributed by atoms with Gasteiger partial charge in [0.25, 0.3) is 0 Å². The number of guanidine groups is 1. The van der Waals surface area contributed by atoms with Crippen LogP contribution in [-0.2, 0) is 0 Å². The van der Waals surface area contributed by atoms with Crippen LogP contribution in [0.15, 0.2) is 23.2 Å². The van der Waals surface area contributed by atoms with Crippen molar-refractivity contribution >= 4 is 17.7 Å². The zero-order chi connectivity index (χ0) is 14.5. The summed E-state index contributed by atoms with van der Waals surface area (Å²) < 4.78 is 26.7. The number of nitrogens with zero attached hydrogens (tertiary/aromatic N) is 1. The topological polar surface area (TPSA) is 65.5 Å². The van der Waals surface area contributed by atoms with Gasteiger partial charge < -0.3 is 10.6 Å². The predicted molar refractivity (Wildman–Crippen MR) is 72.6 cm³/mol. The van der Waals surface area contributed by atoms with Crippen LogP contribution in [-0.4, -0.2) is 25.6 Å². The minimum absolute atomic E-state index is 0.0732. The summed E-state index contributed by atoms with van der Waals surface area (Å²) in [6, 6.07) is 3.28. The molecule has 3 N–H and O–H groups in total. The minimum atomic E-state index is -1.01. The molecular formula is C13H16F2N4O. The fourth-order valence-electron chi connectivity index (χ4n) is 1.53. The summed E-state index contributed by atoms with van der Waals surface area (Å²) in [6.45, 7) is 0.545. The number of halogens is 2. The predicted octanol–water partition coefficient (Wildman–Crippen LogP) is 2.07. The van der Waals surface area contributed by atoms with Crippen molar-refractivity contribution in [3.05, 3.63) is 29.8 Å². The monoisotopic (exact) mass is 282 g/mol. The first kappa shape index (κ1) is 14.2. The average molecular weight is 282 g/mol. The van der Waals surface area contributed by atoms with Gasteiger partial charge in [-0.1, -0.05) is 6.07 Å². The lowest BCUT2D eigenvalue weighted by Crippen LogP contribution is -2.41. The van der Waals surface area contributed by atoms with Crippen LogP contribution in [0.1, 0.15) is 12.8 Å². The van der Waals surface area contributed by atoms with Gasteiger partial charge >= 0.3 is 6.03 Å². The molecule has 1 aromatic carbocycles. The van der Waals surface area contributed by atoms with Crippen LogP contribution < -0.4 is 16.0 Å². The molecule has 0 bridgehead atoms. The maximum atomic E-state index is 13.6. The molecule has 1 saturated carbocycles. The Morgan fingerprint density at radius 2 is 2.15 bits per heavy atom. The zero-order valence-corrected chi connectivity index (χ0v) is 11.0. The molecule has 0 atom stereocenters. The summed E-state index contributed by atoms with van der Waals surface area (Å²) in [5.41, 5.74) is -0.0732. The van der Waals surface area contributed by atoms with Gasteiger partial charge in [-0.05, 0) is 30.9 Å². The fraction of sp³-hybridized carbons (Fsp3) is 0.385. The quantitative estimate of drug-likeness (QED) is 0.587. The van der Waals surface area contributed by atoms with E-state index in [-0.39, 0.29) is 11.6 Å². The van der Waals surface area contributed by atoms with E-state index < -0.39 is 17.7 Å². The number of hydrogen-bond acceptors (Lipinski definition) is 2. The second kappa shape index (κ2) is 6.31. The Bertz CT molecular complexity index is 529. The van der Waals surface area contributed by atoms with Crippen LogP contribution in [0.25, 0.3) is 0 Å². The van der Waals surface area contributed by atoms with Crippen LogP contribution in [0.4, 0.5) is 19.3 Å². The fourth-order valence-corrected chi connectivity index (χ4v) is 1.53. The van der Waals surface area contributed by atoms with Crippen molar-refractivity contribution in [1.29, 1.82) is 0 Å². The van der Waals surface area contributed by atoms with Crippen molar-refractivity contribution in [2.24, 2.45) is 10.9 Å². The Labute approximate surface area is 115 Å². The molecule has 0 saturated heterocycles. The van der Waals surface area contributed by atoms with E-state index in [4.69, 9.17) is 0 Å². The van der Waals surface area contributed by atoms with E-state index in [1.807, 2.05) is 0 Å². The van der Waals surface area contributed by atoms with E-state index >= 15 is 0 Å². The van der Waals surface area contributed by atoms with Gasteiger partial charge in [0.1, 0.15) is 0 Å². The third-order valence-corrected chi connectivity index (χ3v) is 2.87. The summed E-state index contributed by atoms with van der Waals surface area (Å²) >= 11 is 0. The lowest BCUT2D eigenvalue weighted by Gasteiger charge is -2.12. The van der Waals surface area contributed by atoms with Gasteiger partial charge in [0, 0.05) is 13.6 Å². The maximum Gasteiger partial charge on any atom is 0.321 e. The number of anilines is 1.